The highest BCUT2D eigenvalue weighted by atomic mass is 16.4. The second-order valence-corrected chi connectivity index (χ2v) is 5.40. The van der Waals surface area contributed by atoms with Crippen LogP contribution < -0.4 is 0 Å². The summed E-state index contributed by atoms with van der Waals surface area (Å²) in [6.45, 7) is 2.65. The van der Waals surface area contributed by atoms with E-state index in [4.69, 9.17) is 5.11 Å². The number of rotatable bonds is 2. The fraction of sp³-hybridized carbons (Fsp3) is 0.333. The van der Waals surface area contributed by atoms with Crippen LogP contribution in [0.4, 0.5) is 0 Å². The Bertz CT molecular complexity index is 644. The molecule has 2 aromatic rings. The van der Waals surface area contributed by atoms with E-state index in [9.17, 15) is 9.59 Å². The van der Waals surface area contributed by atoms with Gasteiger partial charge >= 0.3 is 5.97 Å². The van der Waals surface area contributed by atoms with Gasteiger partial charge < -0.3 is 15.0 Å². The molecule has 1 aliphatic rings. The Labute approximate surface area is 116 Å². The maximum absolute atomic E-state index is 12.4. The lowest BCUT2D eigenvalue weighted by Gasteiger charge is -2.14. The van der Waals surface area contributed by atoms with Crippen molar-refractivity contribution < 1.29 is 14.7 Å². The van der Waals surface area contributed by atoms with E-state index in [2.05, 4.69) is 4.98 Å². The Hall–Kier alpha value is -2.30. The van der Waals surface area contributed by atoms with Gasteiger partial charge in [-0.1, -0.05) is 25.1 Å². The van der Waals surface area contributed by atoms with Crippen molar-refractivity contribution in [2.24, 2.45) is 11.8 Å². The highest BCUT2D eigenvalue weighted by molar-refractivity contribution is 5.98. The molecule has 2 atom stereocenters. The summed E-state index contributed by atoms with van der Waals surface area (Å²) in [5.74, 6) is -1.44. The zero-order chi connectivity index (χ0) is 14.3. The fourth-order valence-corrected chi connectivity index (χ4v) is 2.81. The largest absolute Gasteiger partial charge is 0.481 e. The molecule has 0 bridgehead atoms. The minimum Gasteiger partial charge on any atom is -0.481 e. The number of H-pyrrole nitrogens is 1. The Morgan fingerprint density at radius 1 is 1.30 bits per heavy atom. The molecule has 1 aromatic heterocycles. The molecule has 2 heterocycles. The van der Waals surface area contributed by atoms with Crippen LogP contribution in [-0.2, 0) is 4.79 Å². The number of carboxylic acid groups (broad SMARTS) is 1. The maximum atomic E-state index is 12.4. The Balaban J connectivity index is 1.84. The molecule has 0 aliphatic carbocycles. The van der Waals surface area contributed by atoms with Gasteiger partial charge in [0, 0.05) is 24.0 Å². The number of hydrogen-bond donors (Lipinski definition) is 2. The molecule has 1 saturated heterocycles. The quantitative estimate of drug-likeness (QED) is 0.877. The second-order valence-electron chi connectivity index (χ2n) is 5.40. The van der Waals surface area contributed by atoms with Crippen molar-refractivity contribution in [3.8, 4) is 0 Å². The normalized spacial score (nSPS) is 22.4. The number of benzene rings is 1. The SMILES string of the molecule is CC1CN(C(=O)c2cc3ccccc3[nH]2)CC1C(=O)O. The number of hydrogen-bond acceptors (Lipinski definition) is 2. The molecule has 20 heavy (non-hydrogen) atoms. The molecule has 104 valence electrons. The number of aromatic nitrogens is 1. The summed E-state index contributed by atoms with van der Waals surface area (Å²) in [4.78, 5) is 28.3. The molecule has 2 unspecified atom stereocenters. The van der Waals surface area contributed by atoms with E-state index in [1.165, 1.54) is 0 Å². The van der Waals surface area contributed by atoms with Gasteiger partial charge in [-0.2, -0.15) is 0 Å². The van der Waals surface area contributed by atoms with Crippen LogP contribution in [0.2, 0.25) is 0 Å². The van der Waals surface area contributed by atoms with E-state index in [0.29, 0.717) is 12.2 Å². The Kier molecular flexibility index (Phi) is 2.97. The van der Waals surface area contributed by atoms with Crippen LogP contribution in [0.25, 0.3) is 10.9 Å². The summed E-state index contributed by atoms with van der Waals surface area (Å²) in [5.41, 5.74) is 1.43. The van der Waals surface area contributed by atoms with Crippen LogP contribution >= 0.6 is 0 Å². The molecule has 3 rings (SSSR count). The third kappa shape index (κ3) is 2.05. The first-order chi connectivity index (χ1) is 9.56. The van der Waals surface area contributed by atoms with E-state index in [-0.39, 0.29) is 18.4 Å². The molecule has 5 nitrogen and oxygen atoms in total. The van der Waals surface area contributed by atoms with E-state index < -0.39 is 11.9 Å². The van der Waals surface area contributed by atoms with Crippen molar-refractivity contribution >= 4 is 22.8 Å². The molecular weight excluding hydrogens is 256 g/mol. The molecule has 1 aromatic carbocycles. The first-order valence-electron chi connectivity index (χ1n) is 6.66. The Morgan fingerprint density at radius 2 is 2.05 bits per heavy atom. The van der Waals surface area contributed by atoms with Gasteiger partial charge in [0.2, 0.25) is 0 Å². The molecule has 1 aliphatic heterocycles. The highest BCUT2D eigenvalue weighted by Gasteiger charge is 2.37. The van der Waals surface area contributed by atoms with Crippen LogP contribution in [-0.4, -0.2) is 40.0 Å². The summed E-state index contributed by atoms with van der Waals surface area (Å²) >= 11 is 0. The van der Waals surface area contributed by atoms with Gasteiger partial charge in [-0.3, -0.25) is 9.59 Å². The Morgan fingerprint density at radius 3 is 2.70 bits per heavy atom. The number of amides is 1. The fourth-order valence-electron chi connectivity index (χ4n) is 2.81. The number of carbonyl (C=O) groups is 2. The number of carbonyl (C=O) groups excluding carboxylic acids is 1. The van der Waals surface area contributed by atoms with Gasteiger partial charge in [-0.25, -0.2) is 0 Å². The number of fused-ring (bicyclic) bond motifs is 1. The summed E-state index contributed by atoms with van der Waals surface area (Å²) in [7, 11) is 0. The zero-order valence-electron chi connectivity index (χ0n) is 11.2. The number of nitrogens with one attached hydrogen (secondary N) is 1. The van der Waals surface area contributed by atoms with Crippen LogP contribution in [0.3, 0.4) is 0 Å². The average Bonchev–Trinajstić information content (AvgIpc) is 3.01. The third-order valence-electron chi connectivity index (χ3n) is 3.98. The zero-order valence-corrected chi connectivity index (χ0v) is 11.2. The molecule has 0 saturated carbocycles. The van der Waals surface area contributed by atoms with Gasteiger partial charge in [0.1, 0.15) is 5.69 Å². The standard InChI is InChI=1S/C15H16N2O3/c1-9-7-17(8-11(9)15(19)20)14(18)13-6-10-4-2-3-5-12(10)16-13/h2-6,9,11,16H,7-8H2,1H3,(H,19,20). The van der Waals surface area contributed by atoms with Crippen LogP contribution in [0.5, 0.6) is 0 Å². The molecule has 5 heteroatoms. The van der Waals surface area contributed by atoms with Crippen LogP contribution in [0.15, 0.2) is 30.3 Å². The first kappa shape index (κ1) is 12.7. The highest BCUT2D eigenvalue weighted by Crippen LogP contribution is 2.25. The van der Waals surface area contributed by atoms with Gasteiger partial charge in [0.15, 0.2) is 0 Å². The minimum atomic E-state index is -0.829. The molecule has 2 N–H and O–H groups in total. The topological polar surface area (TPSA) is 73.4 Å². The predicted octanol–water partition coefficient (Wildman–Crippen LogP) is 1.96. The van der Waals surface area contributed by atoms with Crippen molar-refractivity contribution in [1.29, 1.82) is 0 Å². The number of aliphatic carboxylic acids is 1. The second kappa shape index (κ2) is 4.67. The number of aromatic amines is 1. The van der Waals surface area contributed by atoms with Crippen molar-refractivity contribution in [2.45, 2.75) is 6.92 Å². The van der Waals surface area contributed by atoms with Crippen molar-refractivity contribution in [3.63, 3.8) is 0 Å². The van der Waals surface area contributed by atoms with Crippen LogP contribution in [0, 0.1) is 11.8 Å². The molecule has 0 radical (unpaired) electrons. The lowest BCUT2D eigenvalue weighted by atomic mass is 9.99. The van der Waals surface area contributed by atoms with E-state index >= 15 is 0 Å². The minimum absolute atomic E-state index is 0.0131. The first-order valence-corrected chi connectivity index (χ1v) is 6.66. The molecule has 1 amide bonds. The lowest BCUT2D eigenvalue weighted by molar-refractivity contribution is -0.142. The molecule has 0 spiro atoms. The molecular formula is C15H16N2O3. The van der Waals surface area contributed by atoms with E-state index in [1.807, 2.05) is 37.3 Å². The summed E-state index contributed by atoms with van der Waals surface area (Å²) in [6, 6.07) is 9.50. The van der Waals surface area contributed by atoms with Gasteiger partial charge in [0.05, 0.1) is 5.92 Å². The number of para-hydroxylation sites is 1. The van der Waals surface area contributed by atoms with Gasteiger partial charge in [-0.05, 0) is 18.1 Å². The van der Waals surface area contributed by atoms with Crippen LogP contribution in [0.1, 0.15) is 17.4 Å². The molecule has 1 fully saturated rings. The predicted molar refractivity (Wildman–Crippen MR) is 74.5 cm³/mol. The summed E-state index contributed by atoms with van der Waals surface area (Å²) in [5, 5.41) is 10.1. The van der Waals surface area contributed by atoms with Gasteiger partial charge in [-0.15, -0.1) is 0 Å². The smallest absolute Gasteiger partial charge is 0.308 e. The van der Waals surface area contributed by atoms with E-state index in [1.54, 1.807) is 4.90 Å². The summed E-state index contributed by atoms with van der Waals surface area (Å²) in [6.07, 6.45) is 0. The van der Waals surface area contributed by atoms with Gasteiger partial charge in [0.25, 0.3) is 5.91 Å². The lowest BCUT2D eigenvalue weighted by Crippen LogP contribution is -2.30. The number of likely N-dealkylation sites (tertiary alicyclic amines) is 1. The number of nitrogens with zero attached hydrogens (tertiary/aromatic N) is 1. The third-order valence-corrected chi connectivity index (χ3v) is 3.98. The van der Waals surface area contributed by atoms with Crippen molar-refractivity contribution in [3.05, 3.63) is 36.0 Å². The number of carboxylic acids is 1. The monoisotopic (exact) mass is 272 g/mol. The summed E-state index contributed by atoms with van der Waals surface area (Å²) < 4.78 is 0. The average molecular weight is 272 g/mol. The van der Waals surface area contributed by atoms with Crippen molar-refractivity contribution in [2.75, 3.05) is 13.1 Å². The van der Waals surface area contributed by atoms with Crippen molar-refractivity contribution in [1.82, 2.24) is 9.88 Å². The maximum Gasteiger partial charge on any atom is 0.308 e. The van der Waals surface area contributed by atoms with E-state index in [0.717, 1.165) is 10.9 Å².